The number of para-hydroxylation sites is 1. The number of hydrogen-bond acceptors (Lipinski definition) is 3. The van der Waals surface area contributed by atoms with Gasteiger partial charge in [-0.05, 0) is 31.9 Å². The molecule has 0 heterocycles. The monoisotopic (exact) mass is 304 g/mol. The minimum atomic E-state index is -0.973. The fourth-order valence-corrected chi connectivity index (χ4v) is 2.31. The molecule has 22 heavy (non-hydrogen) atoms. The standard InChI is InChI=1S/C16H20N2O4/c1-10(9-14(19)20)17-16(22)12-7-2-3-8-13(12)18-15(21)11-5-4-6-11/h2-3,7-8,10-11H,4-6,9H2,1H3,(H,17,22)(H,18,21)(H,19,20)/t10-/m1/s1. The highest BCUT2D eigenvalue weighted by molar-refractivity contribution is 6.04. The first-order valence-corrected chi connectivity index (χ1v) is 7.40. The number of rotatable bonds is 6. The molecule has 1 fully saturated rings. The Kier molecular flexibility index (Phi) is 5.14. The van der Waals surface area contributed by atoms with Gasteiger partial charge in [0.15, 0.2) is 0 Å². The van der Waals surface area contributed by atoms with Crippen molar-refractivity contribution in [3.63, 3.8) is 0 Å². The van der Waals surface area contributed by atoms with Crippen LogP contribution >= 0.6 is 0 Å². The van der Waals surface area contributed by atoms with Gasteiger partial charge in [-0.3, -0.25) is 14.4 Å². The van der Waals surface area contributed by atoms with Crippen molar-refractivity contribution in [1.82, 2.24) is 5.32 Å². The molecule has 1 atom stereocenters. The second kappa shape index (κ2) is 7.06. The van der Waals surface area contributed by atoms with E-state index in [-0.39, 0.29) is 18.2 Å². The average molecular weight is 304 g/mol. The van der Waals surface area contributed by atoms with Gasteiger partial charge in [0.2, 0.25) is 5.91 Å². The van der Waals surface area contributed by atoms with Crippen molar-refractivity contribution < 1.29 is 19.5 Å². The first-order valence-electron chi connectivity index (χ1n) is 7.40. The minimum Gasteiger partial charge on any atom is -0.481 e. The highest BCUT2D eigenvalue weighted by Gasteiger charge is 2.26. The fourth-order valence-electron chi connectivity index (χ4n) is 2.31. The summed E-state index contributed by atoms with van der Waals surface area (Å²) in [5.74, 6) is -1.40. The van der Waals surface area contributed by atoms with Crippen LogP contribution in [-0.4, -0.2) is 28.9 Å². The fraction of sp³-hybridized carbons (Fsp3) is 0.438. The van der Waals surface area contributed by atoms with Crippen LogP contribution in [0.25, 0.3) is 0 Å². The number of anilines is 1. The highest BCUT2D eigenvalue weighted by atomic mass is 16.4. The first kappa shape index (κ1) is 16.0. The molecule has 0 spiro atoms. The van der Waals surface area contributed by atoms with Crippen LogP contribution in [0.3, 0.4) is 0 Å². The van der Waals surface area contributed by atoms with Gasteiger partial charge in [-0.15, -0.1) is 0 Å². The van der Waals surface area contributed by atoms with Gasteiger partial charge >= 0.3 is 5.97 Å². The number of aliphatic carboxylic acids is 1. The van der Waals surface area contributed by atoms with E-state index in [4.69, 9.17) is 5.11 Å². The van der Waals surface area contributed by atoms with Gasteiger partial charge in [-0.2, -0.15) is 0 Å². The van der Waals surface area contributed by atoms with E-state index in [1.54, 1.807) is 31.2 Å². The largest absolute Gasteiger partial charge is 0.481 e. The summed E-state index contributed by atoms with van der Waals surface area (Å²) in [7, 11) is 0. The van der Waals surface area contributed by atoms with Crippen molar-refractivity contribution in [2.75, 3.05) is 5.32 Å². The summed E-state index contributed by atoms with van der Waals surface area (Å²) in [6.07, 6.45) is 2.68. The van der Waals surface area contributed by atoms with Crippen LogP contribution in [0.15, 0.2) is 24.3 Å². The van der Waals surface area contributed by atoms with Crippen molar-refractivity contribution >= 4 is 23.5 Å². The van der Waals surface area contributed by atoms with Crippen LogP contribution < -0.4 is 10.6 Å². The second-order valence-corrected chi connectivity index (χ2v) is 5.64. The molecule has 118 valence electrons. The van der Waals surface area contributed by atoms with Crippen LogP contribution in [0.1, 0.15) is 43.0 Å². The summed E-state index contributed by atoms with van der Waals surface area (Å²) in [5, 5.41) is 14.1. The number of benzene rings is 1. The number of carboxylic acids is 1. The van der Waals surface area contributed by atoms with E-state index >= 15 is 0 Å². The Morgan fingerprint density at radius 3 is 2.55 bits per heavy atom. The molecule has 0 saturated heterocycles. The molecule has 0 unspecified atom stereocenters. The van der Waals surface area contributed by atoms with Crippen molar-refractivity contribution in [3.8, 4) is 0 Å². The second-order valence-electron chi connectivity index (χ2n) is 5.64. The van der Waals surface area contributed by atoms with Crippen LogP contribution in [0.2, 0.25) is 0 Å². The van der Waals surface area contributed by atoms with Crippen molar-refractivity contribution in [2.24, 2.45) is 5.92 Å². The zero-order valence-electron chi connectivity index (χ0n) is 12.5. The molecule has 6 heteroatoms. The lowest BCUT2D eigenvalue weighted by Gasteiger charge is -2.24. The summed E-state index contributed by atoms with van der Waals surface area (Å²) in [6, 6.07) is 6.25. The summed E-state index contributed by atoms with van der Waals surface area (Å²) in [6.45, 7) is 1.63. The normalized spacial score (nSPS) is 15.5. The van der Waals surface area contributed by atoms with Gasteiger partial charge in [0.1, 0.15) is 0 Å². The molecule has 1 aliphatic rings. The molecular weight excluding hydrogens is 284 g/mol. The maximum atomic E-state index is 12.2. The Hall–Kier alpha value is -2.37. The average Bonchev–Trinajstić information content (AvgIpc) is 2.35. The maximum absolute atomic E-state index is 12.2. The van der Waals surface area contributed by atoms with E-state index in [0.29, 0.717) is 11.3 Å². The van der Waals surface area contributed by atoms with Gasteiger partial charge in [0.25, 0.3) is 5.91 Å². The van der Waals surface area contributed by atoms with Gasteiger partial charge in [0.05, 0.1) is 17.7 Å². The molecule has 6 nitrogen and oxygen atoms in total. The smallest absolute Gasteiger partial charge is 0.305 e. The molecular formula is C16H20N2O4. The lowest BCUT2D eigenvalue weighted by Crippen LogP contribution is -2.35. The number of hydrogen-bond donors (Lipinski definition) is 3. The number of carbonyl (C=O) groups is 3. The summed E-state index contributed by atoms with van der Waals surface area (Å²) >= 11 is 0. The van der Waals surface area contributed by atoms with Crippen LogP contribution in [0.4, 0.5) is 5.69 Å². The third-order valence-electron chi connectivity index (χ3n) is 3.76. The number of nitrogens with one attached hydrogen (secondary N) is 2. The predicted octanol–water partition coefficient (Wildman–Crippen LogP) is 2.02. The maximum Gasteiger partial charge on any atom is 0.305 e. The van der Waals surface area contributed by atoms with Crippen molar-refractivity contribution in [2.45, 2.75) is 38.6 Å². The van der Waals surface area contributed by atoms with E-state index in [1.807, 2.05) is 0 Å². The van der Waals surface area contributed by atoms with Gasteiger partial charge in [-0.25, -0.2) is 0 Å². The number of amides is 2. The molecule has 0 bridgehead atoms. The van der Waals surface area contributed by atoms with E-state index < -0.39 is 17.9 Å². The Labute approximate surface area is 128 Å². The van der Waals surface area contributed by atoms with E-state index in [1.165, 1.54) is 0 Å². The third kappa shape index (κ3) is 4.07. The summed E-state index contributed by atoms with van der Waals surface area (Å²) in [5.41, 5.74) is 0.798. The number of carboxylic acid groups (broad SMARTS) is 1. The quantitative estimate of drug-likeness (QED) is 0.749. The zero-order chi connectivity index (χ0) is 16.1. The van der Waals surface area contributed by atoms with Crippen LogP contribution in [0.5, 0.6) is 0 Å². The predicted molar refractivity (Wildman–Crippen MR) is 81.6 cm³/mol. The molecule has 0 aliphatic heterocycles. The van der Waals surface area contributed by atoms with E-state index in [9.17, 15) is 14.4 Å². The Morgan fingerprint density at radius 1 is 1.27 bits per heavy atom. The van der Waals surface area contributed by atoms with Gasteiger partial charge in [0, 0.05) is 12.0 Å². The van der Waals surface area contributed by atoms with Gasteiger partial charge in [-0.1, -0.05) is 18.6 Å². The lowest BCUT2D eigenvalue weighted by atomic mass is 9.85. The Morgan fingerprint density at radius 2 is 1.95 bits per heavy atom. The molecule has 3 N–H and O–H groups in total. The first-order chi connectivity index (χ1) is 10.5. The minimum absolute atomic E-state index is 0.0297. The summed E-state index contributed by atoms with van der Waals surface area (Å²) < 4.78 is 0. The molecule has 1 aliphatic carbocycles. The lowest BCUT2D eigenvalue weighted by molar-refractivity contribution is -0.137. The third-order valence-corrected chi connectivity index (χ3v) is 3.76. The Bertz CT molecular complexity index is 581. The Balaban J connectivity index is 2.04. The summed E-state index contributed by atoms with van der Waals surface area (Å²) in [4.78, 5) is 34.9. The molecule has 2 rings (SSSR count). The van der Waals surface area contributed by atoms with Crippen LogP contribution in [-0.2, 0) is 9.59 Å². The van der Waals surface area contributed by atoms with Crippen molar-refractivity contribution in [1.29, 1.82) is 0 Å². The molecule has 2 amide bonds. The van der Waals surface area contributed by atoms with Gasteiger partial charge < -0.3 is 15.7 Å². The zero-order valence-corrected chi connectivity index (χ0v) is 12.5. The van der Waals surface area contributed by atoms with E-state index in [0.717, 1.165) is 19.3 Å². The molecule has 0 radical (unpaired) electrons. The molecule has 1 aromatic carbocycles. The molecule has 1 aromatic rings. The topological polar surface area (TPSA) is 95.5 Å². The molecule has 1 saturated carbocycles. The van der Waals surface area contributed by atoms with E-state index in [2.05, 4.69) is 10.6 Å². The highest BCUT2D eigenvalue weighted by Crippen LogP contribution is 2.28. The number of carbonyl (C=O) groups excluding carboxylic acids is 2. The van der Waals surface area contributed by atoms with Crippen molar-refractivity contribution in [3.05, 3.63) is 29.8 Å². The SMILES string of the molecule is C[C@H](CC(=O)O)NC(=O)c1ccccc1NC(=O)C1CCC1. The van der Waals surface area contributed by atoms with Crippen LogP contribution in [0, 0.1) is 5.92 Å². The molecule has 0 aromatic heterocycles.